The average Bonchev–Trinajstić information content (AvgIpc) is 1.87. The summed E-state index contributed by atoms with van der Waals surface area (Å²) in [6.45, 7) is 1.41. The van der Waals surface area contributed by atoms with Gasteiger partial charge in [-0.1, -0.05) is 0 Å². The van der Waals surface area contributed by atoms with Crippen LogP contribution in [0.15, 0.2) is 4.99 Å². The third-order valence-electron chi connectivity index (χ3n) is 0.944. The number of aliphatic imine (C=N–C) groups is 1. The van der Waals surface area contributed by atoms with Gasteiger partial charge in [-0.05, 0) is 14.1 Å². The first-order chi connectivity index (χ1) is 4.66. The fourth-order valence-corrected chi connectivity index (χ4v) is 0.406. The molecule has 5 heteroatoms. The Balaban J connectivity index is 3.34. The lowest BCUT2D eigenvalue weighted by Gasteiger charge is -2.05. The molecule has 0 aliphatic carbocycles. The van der Waals surface area contributed by atoms with Crippen LogP contribution in [-0.4, -0.2) is 43.3 Å². The molecule has 5 nitrogen and oxygen atoms in total. The normalized spacial score (nSPS) is 12.2. The van der Waals surface area contributed by atoms with Gasteiger partial charge in [-0.3, -0.25) is 10.2 Å². The average molecular weight is 146 g/mol. The summed E-state index contributed by atoms with van der Waals surface area (Å²) in [4.78, 5) is 5.75. The summed E-state index contributed by atoms with van der Waals surface area (Å²) in [5.41, 5.74) is 6.88. The molecule has 60 valence electrons. The van der Waals surface area contributed by atoms with Gasteiger partial charge in [-0.25, -0.2) is 5.48 Å². The Bertz CT molecular complexity index is 112. The third kappa shape index (κ3) is 5.33. The zero-order valence-corrected chi connectivity index (χ0v) is 6.33. The van der Waals surface area contributed by atoms with Crippen LogP contribution in [0, 0.1) is 0 Å². The molecule has 0 bridgehead atoms. The Morgan fingerprint density at radius 1 is 1.70 bits per heavy atom. The molecule has 0 heterocycles. The molecule has 0 aliphatic heterocycles. The predicted octanol–water partition coefficient (Wildman–Crippen LogP) is -1.16. The Hall–Kier alpha value is -0.810. The van der Waals surface area contributed by atoms with E-state index in [0.29, 0.717) is 6.54 Å². The number of likely N-dealkylation sites (N-methyl/N-ethyl adjacent to an activating group) is 1. The number of nitrogens with zero attached hydrogens (tertiary/aromatic N) is 2. The first-order valence-corrected chi connectivity index (χ1v) is 3.01. The second-order valence-electron chi connectivity index (χ2n) is 2.18. The molecule has 4 N–H and O–H groups in total. The molecule has 0 fully saturated rings. The zero-order chi connectivity index (χ0) is 7.98. The van der Waals surface area contributed by atoms with E-state index in [2.05, 4.69) is 4.99 Å². The van der Waals surface area contributed by atoms with Gasteiger partial charge in [0.05, 0.1) is 6.54 Å². The first-order valence-electron chi connectivity index (χ1n) is 3.01. The third-order valence-corrected chi connectivity index (χ3v) is 0.944. The lowest BCUT2D eigenvalue weighted by molar-refractivity contribution is 0.232. The van der Waals surface area contributed by atoms with E-state index in [1.807, 2.05) is 19.0 Å². The fourth-order valence-electron chi connectivity index (χ4n) is 0.406. The van der Waals surface area contributed by atoms with Crippen molar-refractivity contribution >= 4 is 5.96 Å². The Labute approximate surface area is 60.5 Å². The topological polar surface area (TPSA) is 73.9 Å². The second-order valence-corrected chi connectivity index (χ2v) is 2.18. The van der Waals surface area contributed by atoms with Crippen molar-refractivity contribution in [1.29, 1.82) is 0 Å². The van der Waals surface area contributed by atoms with E-state index < -0.39 is 0 Å². The molecule has 0 spiro atoms. The van der Waals surface area contributed by atoms with Gasteiger partial charge < -0.3 is 10.6 Å². The van der Waals surface area contributed by atoms with Gasteiger partial charge in [-0.2, -0.15) is 0 Å². The van der Waals surface area contributed by atoms with E-state index in [1.165, 1.54) is 0 Å². The van der Waals surface area contributed by atoms with Crippen molar-refractivity contribution in [3.8, 4) is 0 Å². The molecular weight excluding hydrogens is 132 g/mol. The highest BCUT2D eigenvalue weighted by molar-refractivity contribution is 5.76. The van der Waals surface area contributed by atoms with E-state index in [4.69, 9.17) is 10.9 Å². The standard InChI is InChI=1S/C5H14N4O/c1-9(2)4-3-7-5(6)8-10/h10H,3-4H2,1-2H3,(H3,6,7,8). The lowest BCUT2D eigenvalue weighted by atomic mass is 10.6. The summed E-state index contributed by atoms with van der Waals surface area (Å²) in [5, 5.41) is 8.18. The van der Waals surface area contributed by atoms with Crippen LogP contribution in [0.25, 0.3) is 0 Å². The lowest BCUT2D eigenvalue weighted by Crippen LogP contribution is -2.29. The van der Waals surface area contributed by atoms with Crippen LogP contribution in [-0.2, 0) is 0 Å². The largest absolute Gasteiger partial charge is 0.368 e. The minimum atomic E-state index is 0.0573. The number of nitrogens with one attached hydrogen (secondary N) is 1. The SMILES string of the molecule is CN(C)CCN=C(N)NO. The molecule has 0 amide bonds. The van der Waals surface area contributed by atoms with Crippen molar-refractivity contribution in [3.63, 3.8) is 0 Å². The summed E-state index contributed by atoms with van der Waals surface area (Å²) in [5.74, 6) is 0.0573. The summed E-state index contributed by atoms with van der Waals surface area (Å²) in [6, 6.07) is 0. The molecule has 0 aliphatic rings. The number of hydrogen-bond acceptors (Lipinski definition) is 3. The fraction of sp³-hybridized carbons (Fsp3) is 0.800. The molecule has 0 rings (SSSR count). The van der Waals surface area contributed by atoms with E-state index in [9.17, 15) is 0 Å². The van der Waals surface area contributed by atoms with Crippen molar-refractivity contribution in [2.75, 3.05) is 27.2 Å². The zero-order valence-electron chi connectivity index (χ0n) is 6.33. The van der Waals surface area contributed by atoms with Crippen molar-refractivity contribution in [1.82, 2.24) is 10.4 Å². The van der Waals surface area contributed by atoms with E-state index in [-0.39, 0.29) is 5.96 Å². The summed E-state index contributed by atoms with van der Waals surface area (Å²) in [6.07, 6.45) is 0. The Morgan fingerprint density at radius 3 is 2.70 bits per heavy atom. The van der Waals surface area contributed by atoms with Gasteiger partial charge in [0.1, 0.15) is 0 Å². The molecule has 0 saturated carbocycles. The van der Waals surface area contributed by atoms with Crippen molar-refractivity contribution < 1.29 is 5.21 Å². The highest BCUT2D eigenvalue weighted by atomic mass is 16.5. The monoisotopic (exact) mass is 146 g/mol. The Kier molecular flexibility index (Phi) is 4.61. The van der Waals surface area contributed by atoms with E-state index in [1.54, 1.807) is 5.48 Å². The molecule has 0 radical (unpaired) electrons. The van der Waals surface area contributed by atoms with Crippen molar-refractivity contribution in [3.05, 3.63) is 0 Å². The summed E-state index contributed by atoms with van der Waals surface area (Å²) in [7, 11) is 3.89. The van der Waals surface area contributed by atoms with Crippen molar-refractivity contribution in [2.24, 2.45) is 10.7 Å². The minimum absolute atomic E-state index is 0.0573. The molecule has 0 aromatic carbocycles. The maximum absolute atomic E-state index is 8.18. The number of guanidine groups is 1. The smallest absolute Gasteiger partial charge is 0.212 e. The van der Waals surface area contributed by atoms with Gasteiger partial charge in [0, 0.05) is 6.54 Å². The van der Waals surface area contributed by atoms with Gasteiger partial charge >= 0.3 is 0 Å². The molecule has 0 saturated heterocycles. The van der Waals surface area contributed by atoms with Crippen LogP contribution in [0.1, 0.15) is 0 Å². The maximum atomic E-state index is 8.18. The molecule has 10 heavy (non-hydrogen) atoms. The molecule has 0 atom stereocenters. The number of hydroxylamine groups is 1. The Morgan fingerprint density at radius 2 is 2.30 bits per heavy atom. The van der Waals surface area contributed by atoms with Gasteiger partial charge in [0.2, 0.25) is 5.96 Å². The summed E-state index contributed by atoms with van der Waals surface area (Å²) < 4.78 is 0. The number of hydrogen-bond donors (Lipinski definition) is 3. The first kappa shape index (κ1) is 9.19. The molecule has 0 aromatic rings. The van der Waals surface area contributed by atoms with Crippen LogP contribution in [0.2, 0.25) is 0 Å². The van der Waals surface area contributed by atoms with Gasteiger partial charge in [0.15, 0.2) is 0 Å². The van der Waals surface area contributed by atoms with Crippen LogP contribution in [0.5, 0.6) is 0 Å². The van der Waals surface area contributed by atoms with Crippen molar-refractivity contribution in [2.45, 2.75) is 0 Å². The van der Waals surface area contributed by atoms with E-state index >= 15 is 0 Å². The second kappa shape index (κ2) is 5.01. The van der Waals surface area contributed by atoms with Crippen LogP contribution in [0.3, 0.4) is 0 Å². The summed E-state index contributed by atoms with van der Waals surface area (Å²) >= 11 is 0. The molecule has 0 unspecified atom stereocenters. The van der Waals surface area contributed by atoms with Crippen LogP contribution >= 0.6 is 0 Å². The highest BCUT2D eigenvalue weighted by Crippen LogP contribution is 1.74. The molecular formula is C5H14N4O. The van der Waals surface area contributed by atoms with Gasteiger partial charge in [-0.15, -0.1) is 0 Å². The number of nitrogens with two attached hydrogens (primary N) is 1. The van der Waals surface area contributed by atoms with Gasteiger partial charge in [0.25, 0.3) is 0 Å². The van der Waals surface area contributed by atoms with E-state index in [0.717, 1.165) is 6.54 Å². The minimum Gasteiger partial charge on any atom is -0.368 e. The maximum Gasteiger partial charge on any atom is 0.212 e. The predicted molar refractivity (Wildman–Crippen MR) is 40.0 cm³/mol. The van der Waals surface area contributed by atoms with Crippen LogP contribution in [0.4, 0.5) is 0 Å². The number of rotatable bonds is 3. The quantitative estimate of drug-likeness (QED) is 0.267. The molecule has 0 aromatic heterocycles. The van der Waals surface area contributed by atoms with Crippen LogP contribution < -0.4 is 11.2 Å². The highest BCUT2D eigenvalue weighted by Gasteiger charge is 1.88.